The predicted molar refractivity (Wildman–Crippen MR) is 85.0 cm³/mol. The average molecular weight is 262 g/mol. The number of hydrogen-bond donors (Lipinski definition) is 1. The lowest BCUT2D eigenvalue weighted by molar-refractivity contribution is 0.281. The van der Waals surface area contributed by atoms with Crippen LogP contribution in [0.1, 0.15) is 47.7 Å². The highest BCUT2D eigenvalue weighted by molar-refractivity contribution is 5.45. The topological polar surface area (TPSA) is 15.3 Å². The molecule has 2 nitrogen and oxygen atoms in total. The molecule has 19 heavy (non-hydrogen) atoms. The SMILES string of the molecule is Cc1cc(C)c(C)c(C(CNC(C)C)N(C)C)c1C. The van der Waals surface area contributed by atoms with Crippen molar-refractivity contribution in [3.63, 3.8) is 0 Å². The van der Waals surface area contributed by atoms with Crippen LogP contribution in [0.4, 0.5) is 0 Å². The van der Waals surface area contributed by atoms with Gasteiger partial charge in [-0.15, -0.1) is 0 Å². The third-order valence-corrected chi connectivity index (χ3v) is 4.10. The molecule has 0 aliphatic heterocycles. The van der Waals surface area contributed by atoms with E-state index in [0.29, 0.717) is 12.1 Å². The molecule has 1 N–H and O–H groups in total. The second-order valence-corrected chi connectivity index (χ2v) is 6.22. The monoisotopic (exact) mass is 262 g/mol. The third kappa shape index (κ3) is 3.80. The van der Waals surface area contributed by atoms with Crippen LogP contribution in [0, 0.1) is 27.7 Å². The van der Waals surface area contributed by atoms with Gasteiger partial charge < -0.3 is 10.2 Å². The van der Waals surface area contributed by atoms with Gasteiger partial charge in [0.05, 0.1) is 0 Å². The van der Waals surface area contributed by atoms with Crippen LogP contribution < -0.4 is 5.32 Å². The minimum Gasteiger partial charge on any atom is -0.313 e. The van der Waals surface area contributed by atoms with Gasteiger partial charge in [0, 0.05) is 18.6 Å². The molecule has 1 aromatic carbocycles. The number of benzene rings is 1. The highest BCUT2D eigenvalue weighted by Gasteiger charge is 2.20. The number of nitrogens with zero attached hydrogens (tertiary/aromatic N) is 1. The summed E-state index contributed by atoms with van der Waals surface area (Å²) in [5, 5.41) is 3.58. The molecule has 0 aliphatic carbocycles. The van der Waals surface area contributed by atoms with E-state index in [1.54, 1.807) is 0 Å². The summed E-state index contributed by atoms with van der Waals surface area (Å²) < 4.78 is 0. The van der Waals surface area contributed by atoms with E-state index in [9.17, 15) is 0 Å². The van der Waals surface area contributed by atoms with Gasteiger partial charge in [-0.1, -0.05) is 19.9 Å². The quantitative estimate of drug-likeness (QED) is 0.873. The standard InChI is InChI=1S/C17H30N2/c1-11(2)18-10-16(19(7)8)17-14(5)12(3)9-13(4)15(17)6/h9,11,16,18H,10H2,1-8H3. The summed E-state index contributed by atoms with van der Waals surface area (Å²) in [6.07, 6.45) is 0. The summed E-state index contributed by atoms with van der Waals surface area (Å²) in [6.45, 7) is 14.3. The Morgan fingerprint density at radius 3 is 1.84 bits per heavy atom. The van der Waals surface area contributed by atoms with E-state index in [1.807, 2.05) is 0 Å². The van der Waals surface area contributed by atoms with Crippen molar-refractivity contribution >= 4 is 0 Å². The lowest BCUT2D eigenvalue weighted by Crippen LogP contribution is -2.35. The molecule has 1 aromatic rings. The Morgan fingerprint density at radius 1 is 1.00 bits per heavy atom. The molecule has 0 saturated heterocycles. The summed E-state index contributed by atoms with van der Waals surface area (Å²) >= 11 is 0. The highest BCUT2D eigenvalue weighted by Crippen LogP contribution is 2.29. The fraction of sp³-hybridized carbons (Fsp3) is 0.647. The molecule has 0 heterocycles. The van der Waals surface area contributed by atoms with Crippen LogP contribution in [-0.4, -0.2) is 31.6 Å². The number of likely N-dealkylation sites (N-methyl/N-ethyl adjacent to an activating group) is 1. The highest BCUT2D eigenvalue weighted by atomic mass is 15.1. The van der Waals surface area contributed by atoms with Crippen molar-refractivity contribution in [2.24, 2.45) is 0 Å². The van der Waals surface area contributed by atoms with Crippen LogP contribution in [0.5, 0.6) is 0 Å². The molecular weight excluding hydrogens is 232 g/mol. The molecule has 0 spiro atoms. The number of rotatable bonds is 5. The number of nitrogens with one attached hydrogen (secondary N) is 1. The van der Waals surface area contributed by atoms with Crippen LogP contribution in [-0.2, 0) is 0 Å². The third-order valence-electron chi connectivity index (χ3n) is 4.10. The maximum Gasteiger partial charge on any atom is 0.0472 e. The van der Waals surface area contributed by atoms with E-state index < -0.39 is 0 Å². The van der Waals surface area contributed by atoms with E-state index in [-0.39, 0.29) is 0 Å². The molecule has 2 heteroatoms. The first kappa shape index (κ1) is 16.2. The van der Waals surface area contributed by atoms with Crippen molar-refractivity contribution in [1.29, 1.82) is 0 Å². The normalized spacial score (nSPS) is 13.4. The fourth-order valence-electron chi connectivity index (χ4n) is 2.64. The van der Waals surface area contributed by atoms with Gasteiger partial charge in [0.25, 0.3) is 0 Å². The van der Waals surface area contributed by atoms with Crippen molar-refractivity contribution in [3.8, 4) is 0 Å². The summed E-state index contributed by atoms with van der Waals surface area (Å²) in [5.41, 5.74) is 7.17. The fourth-order valence-corrected chi connectivity index (χ4v) is 2.64. The predicted octanol–water partition coefficient (Wildman–Crippen LogP) is 3.52. The van der Waals surface area contributed by atoms with Gasteiger partial charge in [-0.05, 0) is 69.6 Å². The van der Waals surface area contributed by atoms with E-state index >= 15 is 0 Å². The van der Waals surface area contributed by atoms with Crippen LogP contribution in [0.2, 0.25) is 0 Å². The Labute approximate surface area is 119 Å². The molecule has 0 amide bonds. The zero-order valence-electron chi connectivity index (χ0n) is 13.9. The lowest BCUT2D eigenvalue weighted by atomic mass is 9.89. The van der Waals surface area contributed by atoms with Crippen LogP contribution in [0.3, 0.4) is 0 Å². The Hall–Kier alpha value is -0.860. The smallest absolute Gasteiger partial charge is 0.0472 e. The van der Waals surface area contributed by atoms with Crippen molar-refractivity contribution in [2.75, 3.05) is 20.6 Å². The maximum atomic E-state index is 3.58. The van der Waals surface area contributed by atoms with Gasteiger partial charge in [0.15, 0.2) is 0 Å². The molecule has 0 aliphatic rings. The molecule has 0 fully saturated rings. The van der Waals surface area contributed by atoms with Gasteiger partial charge in [0.2, 0.25) is 0 Å². The van der Waals surface area contributed by atoms with Gasteiger partial charge in [-0.2, -0.15) is 0 Å². The summed E-state index contributed by atoms with van der Waals surface area (Å²) in [4.78, 5) is 2.32. The summed E-state index contributed by atoms with van der Waals surface area (Å²) in [7, 11) is 4.34. The minimum absolute atomic E-state index is 0.431. The largest absolute Gasteiger partial charge is 0.313 e. The molecule has 0 aromatic heterocycles. The number of hydrogen-bond acceptors (Lipinski definition) is 2. The molecule has 0 bridgehead atoms. The van der Waals surface area contributed by atoms with Crippen molar-refractivity contribution < 1.29 is 0 Å². The van der Waals surface area contributed by atoms with Crippen molar-refractivity contribution in [3.05, 3.63) is 33.9 Å². The van der Waals surface area contributed by atoms with Gasteiger partial charge in [-0.3, -0.25) is 0 Å². The molecular formula is C17H30N2. The second-order valence-electron chi connectivity index (χ2n) is 6.22. The Balaban J connectivity index is 3.22. The van der Waals surface area contributed by atoms with Crippen LogP contribution in [0.15, 0.2) is 6.07 Å². The molecule has 108 valence electrons. The van der Waals surface area contributed by atoms with Crippen LogP contribution >= 0.6 is 0 Å². The molecule has 0 saturated carbocycles. The Bertz CT molecular complexity index is 407. The molecule has 0 radical (unpaired) electrons. The molecule has 1 atom stereocenters. The van der Waals surface area contributed by atoms with Gasteiger partial charge in [0.1, 0.15) is 0 Å². The summed E-state index contributed by atoms with van der Waals surface area (Å²) in [5.74, 6) is 0. The first-order chi connectivity index (χ1) is 8.75. The van der Waals surface area contributed by atoms with E-state index in [0.717, 1.165) is 6.54 Å². The van der Waals surface area contributed by atoms with E-state index in [2.05, 4.69) is 71.9 Å². The number of aryl methyl sites for hydroxylation is 2. The van der Waals surface area contributed by atoms with Crippen molar-refractivity contribution in [1.82, 2.24) is 10.2 Å². The zero-order valence-corrected chi connectivity index (χ0v) is 13.9. The lowest BCUT2D eigenvalue weighted by Gasteiger charge is -2.30. The van der Waals surface area contributed by atoms with Gasteiger partial charge in [-0.25, -0.2) is 0 Å². The Morgan fingerprint density at radius 2 is 1.47 bits per heavy atom. The van der Waals surface area contributed by atoms with Crippen molar-refractivity contribution in [2.45, 2.75) is 53.6 Å². The maximum absolute atomic E-state index is 3.58. The average Bonchev–Trinajstić information content (AvgIpc) is 2.30. The zero-order chi connectivity index (χ0) is 14.7. The van der Waals surface area contributed by atoms with E-state index in [4.69, 9.17) is 0 Å². The minimum atomic E-state index is 0.431. The summed E-state index contributed by atoms with van der Waals surface area (Å²) in [6, 6.07) is 3.26. The first-order valence-corrected chi connectivity index (χ1v) is 7.22. The molecule has 1 unspecified atom stereocenters. The van der Waals surface area contributed by atoms with Gasteiger partial charge >= 0.3 is 0 Å². The first-order valence-electron chi connectivity index (χ1n) is 7.22. The van der Waals surface area contributed by atoms with Crippen LogP contribution in [0.25, 0.3) is 0 Å². The molecule has 1 rings (SSSR count). The Kier molecular flexibility index (Phi) is 5.57. The second kappa shape index (κ2) is 6.53. The van der Waals surface area contributed by atoms with E-state index in [1.165, 1.54) is 27.8 Å².